The fourth-order valence-electron chi connectivity index (χ4n) is 2.63. The quantitative estimate of drug-likeness (QED) is 0.845. The number of nitrogens with one attached hydrogen (secondary N) is 1. The van der Waals surface area contributed by atoms with Crippen molar-refractivity contribution in [1.82, 2.24) is 20.4 Å². The van der Waals surface area contributed by atoms with Crippen LogP contribution in [-0.4, -0.2) is 47.8 Å². The SMILES string of the molecule is CNCCc1noc(CC2CCN(C(C)C)CC2)n1. The number of aromatic nitrogens is 2. The molecule has 0 aromatic carbocycles. The van der Waals surface area contributed by atoms with Gasteiger partial charge in [0, 0.05) is 25.4 Å². The van der Waals surface area contributed by atoms with Crippen molar-refractivity contribution in [2.75, 3.05) is 26.7 Å². The van der Waals surface area contributed by atoms with E-state index < -0.39 is 0 Å². The first kappa shape index (κ1) is 14.5. The van der Waals surface area contributed by atoms with E-state index in [2.05, 4.69) is 34.2 Å². The Balaban J connectivity index is 1.77. The highest BCUT2D eigenvalue weighted by molar-refractivity contribution is 4.90. The van der Waals surface area contributed by atoms with Crippen molar-refractivity contribution in [3.8, 4) is 0 Å². The normalized spacial score (nSPS) is 18.3. The molecule has 108 valence electrons. The van der Waals surface area contributed by atoms with Crippen LogP contribution < -0.4 is 5.32 Å². The molecular formula is C14H26N4O. The fourth-order valence-corrected chi connectivity index (χ4v) is 2.63. The molecule has 1 aliphatic rings. The minimum Gasteiger partial charge on any atom is -0.339 e. The molecule has 0 aliphatic carbocycles. The van der Waals surface area contributed by atoms with Gasteiger partial charge in [0.25, 0.3) is 0 Å². The van der Waals surface area contributed by atoms with Crippen molar-refractivity contribution in [2.24, 2.45) is 5.92 Å². The molecule has 0 spiro atoms. The molecule has 0 saturated carbocycles. The average molecular weight is 266 g/mol. The second-order valence-electron chi connectivity index (χ2n) is 5.74. The molecule has 1 aromatic rings. The molecule has 2 heterocycles. The Labute approximate surface area is 115 Å². The summed E-state index contributed by atoms with van der Waals surface area (Å²) in [6, 6.07) is 0.664. The molecule has 1 saturated heterocycles. The van der Waals surface area contributed by atoms with Crippen molar-refractivity contribution in [2.45, 2.75) is 45.6 Å². The third-order valence-electron chi connectivity index (χ3n) is 3.95. The van der Waals surface area contributed by atoms with Gasteiger partial charge in [0.1, 0.15) is 0 Å². The number of hydrogen-bond donors (Lipinski definition) is 1. The molecular weight excluding hydrogens is 240 g/mol. The van der Waals surface area contributed by atoms with Crippen molar-refractivity contribution in [1.29, 1.82) is 0 Å². The molecule has 1 fully saturated rings. The summed E-state index contributed by atoms with van der Waals surface area (Å²) in [5, 5.41) is 7.12. The maximum absolute atomic E-state index is 5.34. The summed E-state index contributed by atoms with van der Waals surface area (Å²) in [7, 11) is 1.93. The summed E-state index contributed by atoms with van der Waals surface area (Å²) in [4.78, 5) is 7.01. The summed E-state index contributed by atoms with van der Waals surface area (Å²) in [5.41, 5.74) is 0. The van der Waals surface area contributed by atoms with Crippen LogP contribution in [-0.2, 0) is 12.8 Å². The van der Waals surface area contributed by atoms with Crippen LogP contribution in [0.1, 0.15) is 38.4 Å². The number of hydrogen-bond acceptors (Lipinski definition) is 5. The highest BCUT2D eigenvalue weighted by Gasteiger charge is 2.22. The Kier molecular flexibility index (Phi) is 5.34. The van der Waals surface area contributed by atoms with Gasteiger partial charge in [0.15, 0.2) is 5.82 Å². The molecule has 0 amide bonds. The number of rotatable bonds is 6. The topological polar surface area (TPSA) is 54.2 Å². The van der Waals surface area contributed by atoms with Gasteiger partial charge in [0.2, 0.25) is 5.89 Å². The summed E-state index contributed by atoms with van der Waals surface area (Å²) >= 11 is 0. The molecule has 5 heteroatoms. The summed E-state index contributed by atoms with van der Waals surface area (Å²) in [6.07, 6.45) is 4.27. The molecule has 1 N–H and O–H groups in total. The van der Waals surface area contributed by atoms with Gasteiger partial charge in [-0.15, -0.1) is 0 Å². The van der Waals surface area contributed by atoms with Gasteiger partial charge >= 0.3 is 0 Å². The van der Waals surface area contributed by atoms with E-state index in [4.69, 9.17) is 4.52 Å². The molecule has 0 atom stereocenters. The van der Waals surface area contributed by atoms with Gasteiger partial charge in [0.05, 0.1) is 0 Å². The molecule has 0 unspecified atom stereocenters. The smallest absolute Gasteiger partial charge is 0.226 e. The maximum Gasteiger partial charge on any atom is 0.226 e. The van der Waals surface area contributed by atoms with Gasteiger partial charge in [-0.3, -0.25) is 0 Å². The van der Waals surface area contributed by atoms with Crippen molar-refractivity contribution < 1.29 is 4.52 Å². The summed E-state index contributed by atoms with van der Waals surface area (Å²) in [5.74, 6) is 2.34. The molecule has 1 aliphatic heterocycles. The van der Waals surface area contributed by atoms with Gasteiger partial charge < -0.3 is 14.7 Å². The van der Waals surface area contributed by atoms with E-state index in [1.165, 1.54) is 25.9 Å². The molecule has 19 heavy (non-hydrogen) atoms. The number of likely N-dealkylation sites (N-methyl/N-ethyl adjacent to an activating group) is 1. The van der Waals surface area contributed by atoms with Gasteiger partial charge in [-0.1, -0.05) is 5.16 Å². The molecule has 0 radical (unpaired) electrons. The standard InChI is InChI=1S/C14H26N4O/c1-11(2)18-8-5-12(6-9-18)10-14-16-13(17-19-14)4-7-15-3/h11-12,15H,4-10H2,1-3H3. The van der Waals surface area contributed by atoms with Crippen LogP contribution in [0.3, 0.4) is 0 Å². The molecule has 5 nitrogen and oxygen atoms in total. The largest absolute Gasteiger partial charge is 0.339 e. The van der Waals surface area contributed by atoms with Crippen molar-refractivity contribution in [3.05, 3.63) is 11.7 Å². The van der Waals surface area contributed by atoms with Crippen LogP contribution in [0, 0.1) is 5.92 Å². The Morgan fingerprint density at radius 3 is 2.74 bits per heavy atom. The highest BCUT2D eigenvalue weighted by Crippen LogP contribution is 2.22. The minimum absolute atomic E-state index is 0.664. The predicted molar refractivity (Wildman–Crippen MR) is 75.1 cm³/mol. The third-order valence-corrected chi connectivity index (χ3v) is 3.95. The van der Waals surface area contributed by atoms with Crippen LogP contribution in [0.25, 0.3) is 0 Å². The van der Waals surface area contributed by atoms with Crippen LogP contribution in [0.4, 0.5) is 0 Å². The maximum atomic E-state index is 5.34. The zero-order valence-corrected chi connectivity index (χ0v) is 12.4. The zero-order valence-electron chi connectivity index (χ0n) is 12.4. The van der Waals surface area contributed by atoms with Crippen LogP contribution >= 0.6 is 0 Å². The third kappa shape index (κ3) is 4.28. The Hall–Kier alpha value is -0.940. The Morgan fingerprint density at radius 2 is 2.11 bits per heavy atom. The Bertz CT molecular complexity index is 369. The van der Waals surface area contributed by atoms with Crippen LogP contribution in [0.5, 0.6) is 0 Å². The van der Waals surface area contributed by atoms with Gasteiger partial charge in [-0.25, -0.2) is 0 Å². The number of likely N-dealkylation sites (tertiary alicyclic amines) is 1. The summed E-state index contributed by atoms with van der Waals surface area (Å²) < 4.78 is 5.34. The zero-order chi connectivity index (χ0) is 13.7. The van der Waals surface area contributed by atoms with Gasteiger partial charge in [-0.05, 0) is 52.7 Å². The van der Waals surface area contributed by atoms with E-state index in [1.54, 1.807) is 0 Å². The molecule has 1 aromatic heterocycles. The van der Waals surface area contributed by atoms with Crippen LogP contribution in [0.15, 0.2) is 4.52 Å². The van der Waals surface area contributed by atoms with E-state index >= 15 is 0 Å². The fraction of sp³-hybridized carbons (Fsp3) is 0.857. The summed E-state index contributed by atoms with van der Waals surface area (Å²) in [6.45, 7) is 7.83. The second-order valence-corrected chi connectivity index (χ2v) is 5.74. The first-order chi connectivity index (χ1) is 9.19. The molecule has 2 rings (SSSR count). The highest BCUT2D eigenvalue weighted by atomic mass is 16.5. The van der Waals surface area contributed by atoms with Gasteiger partial charge in [-0.2, -0.15) is 4.98 Å². The van der Waals surface area contributed by atoms with E-state index in [0.29, 0.717) is 12.0 Å². The van der Waals surface area contributed by atoms with E-state index in [1.807, 2.05) is 7.05 Å². The first-order valence-electron chi connectivity index (χ1n) is 7.39. The number of nitrogens with zero attached hydrogens (tertiary/aromatic N) is 3. The number of piperidine rings is 1. The Morgan fingerprint density at radius 1 is 1.37 bits per heavy atom. The first-order valence-corrected chi connectivity index (χ1v) is 7.39. The van der Waals surface area contributed by atoms with E-state index in [0.717, 1.165) is 31.1 Å². The minimum atomic E-state index is 0.664. The lowest BCUT2D eigenvalue weighted by Gasteiger charge is -2.34. The average Bonchev–Trinajstić information content (AvgIpc) is 2.84. The lowest BCUT2D eigenvalue weighted by atomic mass is 9.93. The van der Waals surface area contributed by atoms with E-state index in [-0.39, 0.29) is 0 Å². The lowest BCUT2D eigenvalue weighted by molar-refractivity contribution is 0.145. The second kappa shape index (κ2) is 7.01. The van der Waals surface area contributed by atoms with Crippen molar-refractivity contribution in [3.63, 3.8) is 0 Å². The van der Waals surface area contributed by atoms with Crippen molar-refractivity contribution >= 4 is 0 Å². The molecule has 0 bridgehead atoms. The monoisotopic (exact) mass is 266 g/mol. The van der Waals surface area contributed by atoms with E-state index in [9.17, 15) is 0 Å². The lowest BCUT2D eigenvalue weighted by Crippen LogP contribution is -2.38. The van der Waals surface area contributed by atoms with Crippen LogP contribution in [0.2, 0.25) is 0 Å². The predicted octanol–water partition coefficient (Wildman–Crippen LogP) is 1.49.